The molecule has 3 saturated heterocycles. The predicted octanol–water partition coefficient (Wildman–Crippen LogP) is 2.43. The molecule has 28 heteroatoms. The molecule has 11 N–H and O–H groups in total. The summed E-state index contributed by atoms with van der Waals surface area (Å²) >= 11 is 1.35. The normalized spacial score (nSPS) is 23.6. The number of amides is 10. The van der Waals surface area contributed by atoms with Crippen molar-refractivity contribution in [1.29, 1.82) is 0 Å². The van der Waals surface area contributed by atoms with Crippen molar-refractivity contribution in [2.24, 2.45) is 23.0 Å². The average molecular weight is 1230 g/mol. The molecule has 0 bridgehead atoms. The Morgan fingerprint density at radius 3 is 2.14 bits per heavy atom. The summed E-state index contributed by atoms with van der Waals surface area (Å²) in [7, 11) is 2.75. The van der Waals surface area contributed by atoms with Crippen LogP contribution < -0.4 is 43.0 Å². The first kappa shape index (κ1) is 72.0. The number of benzene rings is 1. The fourth-order valence-corrected chi connectivity index (χ4v) is 10.7. The Hall–Kier alpha value is -6.43. The van der Waals surface area contributed by atoms with Crippen LogP contribution in [0.4, 0.5) is 20.1 Å². The van der Waals surface area contributed by atoms with Gasteiger partial charge in [-0.15, -0.1) is 0 Å². The molecule has 3 heterocycles. The Bertz CT molecular complexity index is 2490. The average Bonchev–Trinajstić information content (AvgIpc) is 2.01. The minimum absolute atomic E-state index is 0.0444. The van der Waals surface area contributed by atoms with Crippen molar-refractivity contribution >= 4 is 77.4 Å². The van der Waals surface area contributed by atoms with Gasteiger partial charge in [-0.05, 0) is 68.9 Å². The van der Waals surface area contributed by atoms with Crippen LogP contribution in [0.15, 0.2) is 36.4 Å². The summed E-state index contributed by atoms with van der Waals surface area (Å²) in [5, 5.41) is 40.6. The van der Waals surface area contributed by atoms with E-state index in [-0.39, 0.29) is 119 Å². The number of thioether (sulfide) groups is 1. The summed E-state index contributed by atoms with van der Waals surface area (Å²) in [4.78, 5) is 128. The molecule has 86 heavy (non-hydrogen) atoms. The Balaban J connectivity index is 1.17. The highest BCUT2D eigenvalue weighted by atomic mass is 32.2. The highest BCUT2D eigenvalue weighted by Gasteiger charge is 2.51. The van der Waals surface area contributed by atoms with Crippen molar-refractivity contribution in [3.05, 3.63) is 42.0 Å². The molecule has 0 spiro atoms. The number of likely N-dealkylation sites (tertiary alicyclic amines) is 1. The topological polar surface area (TPSA) is 380 Å². The number of hydrogen-bond donors (Lipinski definition) is 10. The number of carbonyl (C=O) groups is 10. The maximum atomic E-state index is 13.6. The second kappa shape index (κ2) is 34.8. The fraction of sp³-hybridized carbons (Fsp3) is 0.690. The molecule has 0 aromatic heterocycles. The molecule has 0 aliphatic carbocycles. The number of ether oxygens (including phenoxy) is 6. The van der Waals surface area contributed by atoms with Crippen LogP contribution in [0.3, 0.4) is 0 Å². The highest BCUT2D eigenvalue weighted by Crippen LogP contribution is 2.41. The number of aliphatic hydroxyl groups excluding tert-OH is 2. The number of aliphatic hydroxyl groups is 2. The van der Waals surface area contributed by atoms with Crippen molar-refractivity contribution in [2.75, 3.05) is 58.6 Å². The van der Waals surface area contributed by atoms with Gasteiger partial charge in [-0.3, -0.25) is 38.5 Å². The van der Waals surface area contributed by atoms with E-state index in [1.165, 1.54) is 30.9 Å². The van der Waals surface area contributed by atoms with Gasteiger partial charge in [0.2, 0.25) is 29.5 Å². The maximum Gasteiger partial charge on any atom is 0.407 e. The summed E-state index contributed by atoms with van der Waals surface area (Å²) in [6.45, 7) is 15.1. The molecular formula is C58H91N9O18S. The molecule has 3 aliphatic rings. The predicted molar refractivity (Wildman–Crippen MR) is 316 cm³/mol. The van der Waals surface area contributed by atoms with Crippen molar-refractivity contribution in [1.82, 2.24) is 36.8 Å². The monoisotopic (exact) mass is 1230 g/mol. The lowest BCUT2D eigenvalue weighted by atomic mass is 9.74. The van der Waals surface area contributed by atoms with Crippen LogP contribution in [-0.4, -0.2) is 194 Å². The van der Waals surface area contributed by atoms with Crippen molar-refractivity contribution in [3.8, 4) is 0 Å². The smallest absolute Gasteiger partial charge is 0.407 e. The lowest BCUT2D eigenvalue weighted by Gasteiger charge is -2.48. The van der Waals surface area contributed by atoms with E-state index in [1.54, 1.807) is 65.1 Å². The quantitative estimate of drug-likeness (QED) is 0.0156. The van der Waals surface area contributed by atoms with Gasteiger partial charge in [0, 0.05) is 89.5 Å². The van der Waals surface area contributed by atoms with Crippen molar-refractivity contribution in [3.63, 3.8) is 0 Å². The molecule has 4 rings (SSSR count). The number of carbonyl (C=O) groups excluding carboxylic acids is 10. The molecule has 1 aromatic rings. The molecule has 10 amide bonds. The van der Waals surface area contributed by atoms with Gasteiger partial charge in [0.15, 0.2) is 24.2 Å². The second-order valence-electron chi connectivity index (χ2n) is 22.9. The molecule has 3 aliphatic heterocycles. The highest BCUT2D eigenvalue weighted by molar-refractivity contribution is 8.00. The van der Waals surface area contributed by atoms with Gasteiger partial charge in [-0.1, -0.05) is 65.3 Å². The van der Waals surface area contributed by atoms with Crippen molar-refractivity contribution in [2.45, 2.75) is 185 Å². The SMILES string of the molecule is C=C1C[C@](C=O)([C@H](O)C(=O)N[C@@H](OC)[C@@H]2C[C@@H](O)C(C)(C)[C@@H](C[C@@H](COC(=O)NCCCNC(=O)OCc3ccc(NC(=O)[C@H](CCCNC(N)=O)NC(=O)[C@@H](NC(=O)CCCCCN4C(=O)CC(SC)C4=O)C(C)C)cc3)OC)O2)O[C@H](C)[C@@H]1C. The van der Waals surface area contributed by atoms with Gasteiger partial charge >= 0.3 is 18.2 Å². The number of alkyl carbamates (subject to hydrolysis) is 2. The second-order valence-corrected chi connectivity index (χ2v) is 23.9. The number of nitrogens with zero attached hydrogens (tertiary/aromatic N) is 1. The third-order valence-corrected chi connectivity index (χ3v) is 16.8. The number of nitrogens with one attached hydrogen (secondary N) is 7. The van der Waals surface area contributed by atoms with Crippen LogP contribution in [0, 0.1) is 17.3 Å². The minimum atomic E-state index is -1.91. The molecular weight excluding hydrogens is 1140 g/mol. The first-order valence-corrected chi connectivity index (χ1v) is 30.4. The molecule has 27 nitrogen and oxygen atoms in total. The van der Waals surface area contributed by atoms with Crippen LogP contribution in [0.25, 0.3) is 0 Å². The summed E-state index contributed by atoms with van der Waals surface area (Å²) in [5.41, 5.74) is 4.12. The minimum Gasteiger partial charge on any atom is -0.447 e. The zero-order valence-electron chi connectivity index (χ0n) is 50.9. The van der Waals surface area contributed by atoms with E-state index in [1.807, 2.05) is 6.92 Å². The number of imide groups is 1. The van der Waals surface area contributed by atoms with E-state index in [0.29, 0.717) is 48.8 Å². The number of aldehydes is 1. The number of methoxy groups -OCH3 is 2. The Kier molecular flexibility index (Phi) is 29.1. The Labute approximate surface area is 507 Å². The zero-order valence-corrected chi connectivity index (χ0v) is 51.7. The van der Waals surface area contributed by atoms with E-state index in [9.17, 15) is 58.2 Å². The molecule has 1 unspecified atom stereocenters. The molecule has 12 atom stereocenters. The first-order chi connectivity index (χ1) is 40.7. The van der Waals surface area contributed by atoms with Gasteiger partial charge < -0.3 is 81.6 Å². The number of nitrogens with two attached hydrogens (primary N) is 1. The van der Waals surface area contributed by atoms with Crippen molar-refractivity contribution < 1.29 is 86.6 Å². The fourth-order valence-electron chi connectivity index (χ4n) is 10.0. The summed E-state index contributed by atoms with van der Waals surface area (Å²) in [6, 6.07) is 3.61. The summed E-state index contributed by atoms with van der Waals surface area (Å²) in [5.74, 6) is -3.31. The molecule has 1 aromatic carbocycles. The van der Waals surface area contributed by atoms with E-state index in [2.05, 4.69) is 43.8 Å². The summed E-state index contributed by atoms with van der Waals surface area (Å²) in [6.07, 6.45) is -3.37. The molecule has 0 saturated carbocycles. The van der Waals surface area contributed by atoms with E-state index >= 15 is 0 Å². The number of anilines is 1. The first-order valence-electron chi connectivity index (χ1n) is 29.1. The third-order valence-electron chi connectivity index (χ3n) is 15.9. The number of rotatable bonds is 34. The zero-order chi connectivity index (χ0) is 63.9. The Morgan fingerprint density at radius 1 is 0.884 bits per heavy atom. The van der Waals surface area contributed by atoms with Crippen LogP contribution in [0.2, 0.25) is 0 Å². The van der Waals surface area contributed by atoms with E-state index in [0.717, 1.165) is 0 Å². The largest absolute Gasteiger partial charge is 0.447 e. The lowest BCUT2D eigenvalue weighted by Crippen LogP contribution is -2.62. The van der Waals surface area contributed by atoms with Crippen LogP contribution in [-0.2, 0) is 68.6 Å². The van der Waals surface area contributed by atoms with Crippen LogP contribution >= 0.6 is 11.8 Å². The summed E-state index contributed by atoms with van der Waals surface area (Å²) < 4.78 is 34.2. The molecule has 0 radical (unpaired) electrons. The lowest BCUT2D eigenvalue weighted by molar-refractivity contribution is -0.218. The number of unbranched alkanes of at least 4 members (excludes halogenated alkanes) is 2. The Morgan fingerprint density at radius 2 is 1.55 bits per heavy atom. The van der Waals surface area contributed by atoms with E-state index in [4.69, 9.17) is 34.2 Å². The number of urea groups is 1. The van der Waals surface area contributed by atoms with Gasteiger partial charge in [-0.25, -0.2) is 14.4 Å². The van der Waals surface area contributed by atoms with Crippen LogP contribution in [0.1, 0.15) is 118 Å². The van der Waals surface area contributed by atoms with Gasteiger partial charge in [0.25, 0.3) is 5.91 Å². The molecule has 482 valence electrons. The van der Waals surface area contributed by atoms with Gasteiger partial charge in [0.05, 0.1) is 29.7 Å². The third kappa shape index (κ3) is 21.5. The maximum absolute atomic E-state index is 13.6. The standard InChI is InChI=1S/C58H91N9O18S/c1-33(2)47(65-45(70)17-12-11-13-25-67-46(71)28-42(86-10)53(67)76)50(74)64-40(16-14-22-60-54(59)77)49(73)63-38-20-18-37(19-21-38)30-82-55(78)61-23-15-24-62-56(79)83-31-39(80-8)26-44-57(6,7)43(69)27-41(84-44)52(81-9)66-51(75)48(72)58(32-68)29-34(3)35(4)36(5)85-58/h18-21,32-33,35-36,39-44,47-48,52,69,72H,3,11-17,22-31H2,1-2,4-10H3,(H,61,78)(H,62,79)(H,63,73)(H,64,74)(H,65,70)(H,66,75)(H3,59,60,77)/t35-,36-,39+,40+,41+,42?,43-,44-,47+,48-,52+,58+/m1/s1. The van der Waals surface area contributed by atoms with Crippen LogP contribution in [0.5, 0.6) is 0 Å². The molecule has 3 fully saturated rings. The number of hydrogen-bond acceptors (Lipinski definition) is 19. The number of primary amides is 1. The van der Waals surface area contributed by atoms with E-state index < -0.39 is 102 Å². The van der Waals surface area contributed by atoms with Gasteiger partial charge in [-0.2, -0.15) is 11.8 Å². The van der Waals surface area contributed by atoms with Gasteiger partial charge in [0.1, 0.15) is 31.4 Å².